The molecule has 6 nitrogen and oxygen atoms in total. The number of anilines is 1. The summed E-state index contributed by atoms with van der Waals surface area (Å²) in [4.78, 5) is 25.9. The first-order valence-corrected chi connectivity index (χ1v) is 9.16. The maximum atomic E-state index is 15.1. The first-order valence-electron chi connectivity index (χ1n) is 9.16. The van der Waals surface area contributed by atoms with E-state index in [-0.39, 0.29) is 22.4 Å². The molecule has 1 aromatic carbocycles. The highest BCUT2D eigenvalue weighted by molar-refractivity contribution is 5.95. The maximum absolute atomic E-state index is 15.1. The number of fused-ring (bicyclic) bond motifs is 1. The molecular weight excluding hydrogens is 351 g/mol. The monoisotopic (exact) mass is 374 g/mol. The minimum atomic E-state index is -1.30. The van der Waals surface area contributed by atoms with Crippen LogP contribution in [0.4, 0.5) is 10.1 Å². The van der Waals surface area contributed by atoms with Crippen LogP contribution >= 0.6 is 0 Å². The van der Waals surface area contributed by atoms with Gasteiger partial charge < -0.3 is 19.7 Å². The molecule has 7 heteroatoms. The van der Waals surface area contributed by atoms with E-state index >= 15 is 4.39 Å². The second kappa shape index (κ2) is 5.79. The van der Waals surface area contributed by atoms with E-state index < -0.39 is 23.3 Å². The Morgan fingerprint density at radius 2 is 2.00 bits per heavy atom. The Hall–Kier alpha value is -2.41. The fourth-order valence-electron chi connectivity index (χ4n) is 4.14. The molecule has 4 rings (SSSR count). The summed E-state index contributed by atoms with van der Waals surface area (Å²) >= 11 is 0. The minimum Gasteiger partial charge on any atom is -0.477 e. The lowest BCUT2D eigenvalue weighted by molar-refractivity contribution is 0.0694. The van der Waals surface area contributed by atoms with Crippen molar-refractivity contribution in [1.82, 2.24) is 4.57 Å². The van der Waals surface area contributed by atoms with Gasteiger partial charge in [-0.3, -0.25) is 4.79 Å². The van der Waals surface area contributed by atoms with Crippen molar-refractivity contribution in [3.8, 4) is 0 Å². The average Bonchev–Trinajstić information content (AvgIpc) is 3.35. The van der Waals surface area contributed by atoms with Gasteiger partial charge in [0.25, 0.3) is 0 Å². The van der Waals surface area contributed by atoms with Gasteiger partial charge in [0.1, 0.15) is 11.4 Å². The van der Waals surface area contributed by atoms with Crippen LogP contribution in [0.3, 0.4) is 0 Å². The third-order valence-corrected chi connectivity index (χ3v) is 5.86. The summed E-state index contributed by atoms with van der Waals surface area (Å²) in [6.07, 6.45) is 2.62. The number of β-amino-alcohol motifs (C(OH)–C–C–N with tert-alkyl or cyclic N) is 1. The minimum absolute atomic E-state index is 0.0968. The summed E-state index contributed by atoms with van der Waals surface area (Å²) in [6.45, 7) is 6.45. The quantitative estimate of drug-likeness (QED) is 0.863. The van der Waals surface area contributed by atoms with Gasteiger partial charge in [0.2, 0.25) is 5.43 Å². The number of aromatic carboxylic acids is 1. The molecule has 0 spiro atoms. The van der Waals surface area contributed by atoms with Gasteiger partial charge in [-0.1, -0.05) is 13.8 Å². The van der Waals surface area contributed by atoms with Crippen LogP contribution in [-0.2, 0) is 0 Å². The average molecular weight is 374 g/mol. The molecule has 1 aromatic heterocycles. The highest BCUT2D eigenvalue weighted by Gasteiger charge is 2.40. The van der Waals surface area contributed by atoms with E-state index in [1.165, 1.54) is 6.20 Å². The molecule has 2 fully saturated rings. The fourth-order valence-corrected chi connectivity index (χ4v) is 4.14. The van der Waals surface area contributed by atoms with Crippen LogP contribution < -0.4 is 10.3 Å². The van der Waals surface area contributed by atoms with Crippen molar-refractivity contribution in [3.63, 3.8) is 0 Å². The van der Waals surface area contributed by atoms with Crippen molar-refractivity contribution in [2.75, 3.05) is 18.0 Å². The maximum Gasteiger partial charge on any atom is 0.341 e. The van der Waals surface area contributed by atoms with Crippen molar-refractivity contribution in [3.05, 3.63) is 39.4 Å². The van der Waals surface area contributed by atoms with Crippen LogP contribution in [0.5, 0.6) is 0 Å². The number of rotatable bonds is 3. The second-order valence-corrected chi connectivity index (χ2v) is 8.43. The summed E-state index contributed by atoms with van der Waals surface area (Å²) in [7, 11) is 0. The summed E-state index contributed by atoms with van der Waals surface area (Å²) < 4.78 is 16.9. The molecule has 2 heterocycles. The molecule has 1 aliphatic carbocycles. The van der Waals surface area contributed by atoms with Crippen LogP contribution in [0.25, 0.3) is 10.9 Å². The van der Waals surface area contributed by atoms with Crippen LogP contribution in [-0.4, -0.2) is 39.9 Å². The zero-order valence-corrected chi connectivity index (χ0v) is 15.6. The van der Waals surface area contributed by atoms with E-state index in [0.29, 0.717) is 29.9 Å². The Kier molecular flexibility index (Phi) is 3.86. The van der Waals surface area contributed by atoms with Gasteiger partial charge in [0.05, 0.1) is 17.3 Å². The van der Waals surface area contributed by atoms with Crippen LogP contribution in [0.1, 0.15) is 48.7 Å². The summed E-state index contributed by atoms with van der Waals surface area (Å²) in [5, 5.41) is 19.8. The predicted octanol–water partition coefficient (Wildman–Crippen LogP) is 2.69. The Balaban J connectivity index is 1.99. The fraction of sp³-hybridized carbons (Fsp3) is 0.500. The molecule has 1 saturated carbocycles. The van der Waals surface area contributed by atoms with E-state index in [0.717, 1.165) is 18.9 Å². The number of aromatic nitrogens is 1. The standard InChI is InChI=1S/C20H23FN2O4/c1-10-16-12(18(25)13(19(26)27)7-23(16)11-4-5-11)6-14(21)17(10)22-8-15(24)20(2,3)9-22/h6-7,11,15,24H,4-5,8-9H2,1-3H3,(H,26,27)/t15-/m1/s1. The first kappa shape index (κ1) is 18.0. The van der Waals surface area contributed by atoms with Gasteiger partial charge in [0.15, 0.2) is 0 Å². The molecule has 1 atom stereocenters. The smallest absolute Gasteiger partial charge is 0.341 e. The summed E-state index contributed by atoms with van der Waals surface area (Å²) in [5.41, 5.74) is 0.211. The highest BCUT2D eigenvalue weighted by atomic mass is 19.1. The Labute approximate surface area is 155 Å². The van der Waals surface area contributed by atoms with E-state index in [1.54, 1.807) is 6.92 Å². The normalized spacial score (nSPS) is 21.8. The van der Waals surface area contributed by atoms with E-state index in [4.69, 9.17) is 0 Å². The lowest BCUT2D eigenvalue weighted by Crippen LogP contribution is -2.27. The molecule has 2 N–H and O–H groups in total. The molecule has 0 unspecified atom stereocenters. The number of carboxylic acids is 1. The number of aliphatic hydroxyl groups excluding tert-OH is 1. The van der Waals surface area contributed by atoms with Crippen molar-refractivity contribution in [1.29, 1.82) is 0 Å². The number of hydrogen-bond donors (Lipinski definition) is 2. The number of nitrogens with zero attached hydrogens (tertiary/aromatic N) is 2. The molecule has 27 heavy (non-hydrogen) atoms. The third kappa shape index (κ3) is 2.72. The van der Waals surface area contributed by atoms with Crippen molar-refractivity contribution in [2.45, 2.75) is 45.8 Å². The lowest BCUT2D eigenvalue weighted by Gasteiger charge is -2.25. The topological polar surface area (TPSA) is 82.8 Å². The summed E-state index contributed by atoms with van der Waals surface area (Å²) in [6, 6.07) is 1.28. The van der Waals surface area contributed by atoms with Crippen LogP contribution in [0, 0.1) is 18.2 Å². The number of benzene rings is 1. The molecule has 0 radical (unpaired) electrons. The number of aliphatic hydroxyl groups is 1. The Morgan fingerprint density at radius 3 is 2.52 bits per heavy atom. The zero-order valence-electron chi connectivity index (χ0n) is 15.6. The lowest BCUT2D eigenvalue weighted by atomic mass is 9.90. The second-order valence-electron chi connectivity index (χ2n) is 8.43. The van der Waals surface area contributed by atoms with E-state index in [9.17, 15) is 19.8 Å². The van der Waals surface area contributed by atoms with Crippen molar-refractivity contribution < 1.29 is 19.4 Å². The van der Waals surface area contributed by atoms with Gasteiger partial charge in [-0.25, -0.2) is 9.18 Å². The molecule has 144 valence electrons. The molecule has 2 aromatic rings. The predicted molar refractivity (Wildman–Crippen MR) is 100 cm³/mol. The van der Waals surface area contributed by atoms with E-state index in [2.05, 4.69) is 0 Å². The van der Waals surface area contributed by atoms with Gasteiger partial charge in [-0.15, -0.1) is 0 Å². The van der Waals surface area contributed by atoms with Crippen molar-refractivity contribution in [2.24, 2.45) is 5.41 Å². The number of aryl methyl sites for hydroxylation is 1. The number of carbonyl (C=O) groups is 1. The Bertz CT molecular complexity index is 1020. The molecule has 0 bridgehead atoms. The first-order chi connectivity index (χ1) is 12.6. The van der Waals surface area contributed by atoms with Gasteiger partial charge in [-0.2, -0.15) is 0 Å². The van der Waals surface area contributed by atoms with Gasteiger partial charge >= 0.3 is 5.97 Å². The third-order valence-electron chi connectivity index (χ3n) is 5.86. The molecular formula is C20H23FN2O4. The molecule has 2 aliphatic rings. The number of pyridine rings is 1. The van der Waals surface area contributed by atoms with Crippen LogP contribution in [0.15, 0.2) is 17.1 Å². The van der Waals surface area contributed by atoms with Crippen molar-refractivity contribution >= 4 is 22.6 Å². The molecule has 0 amide bonds. The van der Waals surface area contributed by atoms with Gasteiger partial charge in [-0.05, 0) is 31.4 Å². The zero-order chi connectivity index (χ0) is 19.7. The highest BCUT2D eigenvalue weighted by Crippen LogP contribution is 2.41. The Morgan fingerprint density at radius 1 is 1.33 bits per heavy atom. The largest absolute Gasteiger partial charge is 0.477 e. The van der Waals surface area contributed by atoms with Gasteiger partial charge in [0, 0.05) is 36.1 Å². The van der Waals surface area contributed by atoms with Crippen LogP contribution in [0.2, 0.25) is 0 Å². The van der Waals surface area contributed by atoms with E-state index in [1.807, 2.05) is 23.3 Å². The molecule has 1 aliphatic heterocycles. The summed E-state index contributed by atoms with van der Waals surface area (Å²) in [5.74, 6) is -1.87. The number of hydrogen-bond acceptors (Lipinski definition) is 4. The molecule has 1 saturated heterocycles. The number of carboxylic acid groups (broad SMARTS) is 1. The SMILES string of the molecule is Cc1c(N2C[C@@H](O)C(C)(C)C2)c(F)cc2c(=O)c(C(=O)O)cn(C3CC3)c12. The number of halogens is 1.